The molecule has 1 unspecified atom stereocenters. The third-order valence-corrected chi connectivity index (χ3v) is 3.85. The van der Waals surface area contributed by atoms with Gasteiger partial charge >= 0.3 is 0 Å². The fourth-order valence-corrected chi connectivity index (χ4v) is 2.64. The fraction of sp³-hybridized carbons (Fsp3) is 0.500. The Morgan fingerprint density at radius 1 is 1.26 bits per heavy atom. The molecule has 0 saturated heterocycles. The van der Waals surface area contributed by atoms with E-state index in [1.165, 1.54) is 25.7 Å². The number of unbranched alkanes of at least 4 members (excludes halogenated alkanes) is 3. The van der Waals surface area contributed by atoms with Crippen LogP contribution in [0, 0.1) is 0 Å². The van der Waals surface area contributed by atoms with Gasteiger partial charge < -0.3 is 9.73 Å². The van der Waals surface area contributed by atoms with E-state index in [2.05, 4.69) is 18.3 Å². The molecule has 2 aromatic rings. The van der Waals surface area contributed by atoms with Crippen molar-refractivity contribution < 1.29 is 4.42 Å². The molecule has 0 bridgehead atoms. The van der Waals surface area contributed by atoms with Gasteiger partial charge in [0.2, 0.25) is 0 Å². The quantitative estimate of drug-likeness (QED) is 0.694. The smallest absolute Gasteiger partial charge is 0.152 e. The van der Waals surface area contributed by atoms with Gasteiger partial charge in [0.05, 0.1) is 11.1 Å². The zero-order valence-corrected chi connectivity index (χ0v) is 12.5. The van der Waals surface area contributed by atoms with Crippen molar-refractivity contribution in [1.82, 2.24) is 5.32 Å². The SMILES string of the molecule is CCCCCCC(NC)c1cc2cccc(Cl)c2o1. The minimum Gasteiger partial charge on any atom is -0.458 e. The van der Waals surface area contributed by atoms with E-state index in [-0.39, 0.29) is 6.04 Å². The Bertz CT molecular complexity index is 520. The van der Waals surface area contributed by atoms with Crippen LogP contribution in [0.3, 0.4) is 0 Å². The van der Waals surface area contributed by atoms with Crippen LogP contribution >= 0.6 is 11.6 Å². The second kappa shape index (κ2) is 6.97. The normalized spacial score (nSPS) is 13.0. The largest absolute Gasteiger partial charge is 0.458 e. The Labute approximate surface area is 120 Å². The third kappa shape index (κ3) is 3.52. The first kappa shape index (κ1) is 14.4. The van der Waals surface area contributed by atoms with Gasteiger partial charge in [-0.1, -0.05) is 56.3 Å². The summed E-state index contributed by atoms with van der Waals surface area (Å²) in [7, 11) is 1.99. The lowest BCUT2D eigenvalue weighted by Crippen LogP contribution is -2.15. The summed E-state index contributed by atoms with van der Waals surface area (Å²) in [6, 6.07) is 8.24. The van der Waals surface area contributed by atoms with Crippen LogP contribution < -0.4 is 5.32 Å². The first-order valence-corrected chi connectivity index (χ1v) is 7.49. The van der Waals surface area contributed by atoms with E-state index in [1.807, 2.05) is 25.2 Å². The van der Waals surface area contributed by atoms with E-state index in [4.69, 9.17) is 16.0 Å². The summed E-state index contributed by atoms with van der Waals surface area (Å²) in [5, 5.41) is 5.10. The zero-order chi connectivity index (χ0) is 13.7. The van der Waals surface area contributed by atoms with Crippen LogP contribution in [-0.2, 0) is 0 Å². The highest BCUT2D eigenvalue weighted by atomic mass is 35.5. The van der Waals surface area contributed by atoms with Crippen LogP contribution in [0.5, 0.6) is 0 Å². The number of hydrogen-bond donors (Lipinski definition) is 1. The molecular formula is C16H22ClNO. The summed E-state index contributed by atoms with van der Waals surface area (Å²) in [6.07, 6.45) is 6.20. The van der Waals surface area contributed by atoms with Crippen molar-refractivity contribution in [1.29, 1.82) is 0 Å². The van der Waals surface area contributed by atoms with Crippen molar-refractivity contribution in [3.63, 3.8) is 0 Å². The van der Waals surface area contributed by atoms with Crippen molar-refractivity contribution in [3.05, 3.63) is 35.0 Å². The molecule has 1 atom stereocenters. The molecule has 0 aliphatic rings. The lowest BCUT2D eigenvalue weighted by atomic mass is 10.1. The number of furan rings is 1. The van der Waals surface area contributed by atoms with Gasteiger partial charge in [-0.25, -0.2) is 0 Å². The highest BCUT2D eigenvalue weighted by Crippen LogP contribution is 2.31. The predicted molar refractivity (Wildman–Crippen MR) is 81.8 cm³/mol. The van der Waals surface area contributed by atoms with E-state index < -0.39 is 0 Å². The van der Waals surface area contributed by atoms with Gasteiger partial charge in [-0.2, -0.15) is 0 Å². The molecule has 104 valence electrons. The summed E-state index contributed by atoms with van der Waals surface area (Å²) in [4.78, 5) is 0. The first-order chi connectivity index (χ1) is 9.26. The van der Waals surface area contributed by atoms with E-state index in [0.717, 1.165) is 23.2 Å². The van der Waals surface area contributed by atoms with Crippen LogP contribution in [0.4, 0.5) is 0 Å². The minimum absolute atomic E-state index is 0.278. The maximum atomic E-state index is 6.15. The maximum Gasteiger partial charge on any atom is 0.152 e. The predicted octanol–water partition coefficient (Wildman–Crippen LogP) is 5.32. The summed E-state index contributed by atoms with van der Waals surface area (Å²) in [6.45, 7) is 2.23. The van der Waals surface area contributed by atoms with Gasteiger partial charge in [0.25, 0.3) is 0 Å². The van der Waals surface area contributed by atoms with Gasteiger partial charge in [-0.05, 0) is 25.6 Å². The molecule has 2 rings (SSSR count). The Kier molecular flexibility index (Phi) is 5.29. The first-order valence-electron chi connectivity index (χ1n) is 7.11. The van der Waals surface area contributed by atoms with Crippen LogP contribution in [0.1, 0.15) is 50.8 Å². The number of para-hydroxylation sites is 1. The van der Waals surface area contributed by atoms with Gasteiger partial charge in [-0.3, -0.25) is 0 Å². The fourth-order valence-electron chi connectivity index (χ4n) is 2.42. The molecule has 0 saturated carbocycles. The average Bonchev–Trinajstić information content (AvgIpc) is 2.84. The average molecular weight is 280 g/mol. The van der Waals surface area contributed by atoms with Crippen LogP contribution in [0.2, 0.25) is 5.02 Å². The number of benzene rings is 1. The van der Waals surface area contributed by atoms with Crippen molar-refractivity contribution in [2.45, 2.75) is 45.1 Å². The van der Waals surface area contributed by atoms with E-state index >= 15 is 0 Å². The summed E-state index contributed by atoms with van der Waals surface area (Å²) < 4.78 is 5.91. The molecule has 0 fully saturated rings. The zero-order valence-electron chi connectivity index (χ0n) is 11.7. The van der Waals surface area contributed by atoms with Crippen molar-refractivity contribution >= 4 is 22.6 Å². The summed E-state index contributed by atoms with van der Waals surface area (Å²) in [5.41, 5.74) is 0.799. The Morgan fingerprint density at radius 2 is 2.11 bits per heavy atom. The molecule has 1 heterocycles. The number of nitrogens with one attached hydrogen (secondary N) is 1. The molecule has 19 heavy (non-hydrogen) atoms. The van der Waals surface area contributed by atoms with E-state index in [1.54, 1.807) is 0 Å². The Morgan fingerprint density at radius 3 is 2.79 bits per heavy atom. The van der Waals surface area contributed by atoms with Crippen LogP contribution in [0.25, 0.3) is 11.0 Å². The molecule has 1 aromatic carbocycles. The Hall–Kier alpha value is -0.990. The van der Waals surface area contributed by atoms with Gasteiger partial charge in [0.15, 0.2) is 5.58 Å². The molecule has 1 aromatic heterocycles. The number of halogens is 1. The van der Waals surface area contributed by atoms with Gasteiger partial charge in [0, 0.05) is 5.39 Å². The van der Waals surface area contributed by atoms with Gasteiger partial charge in [-0.15, -0.1) is 0 Å². The topological polar surface area (TPSA) is 25.2 Å². The minimum atomic E-state index is 0.278. The summed E-state index contributed by atoms with van der Waals surface area (Å²) >= 11 is 6.15. The van der Waals surface area contributed by atoms with Crippen molar-refractivity contribution in [3.8, 4) is 0 Å². The number of hydrogen-bond acceptors (Lipinski definition) is 2. The monoisotopic (exact) mass is 279 g/mol. The molecular weight excluding hydrogens is 258 g/mol. The lowest BCUT2D eigenvalue weighted by Gasteiger charge is -2.12. The highest BCUT2D eigenvalue weighted by molar-refractivity contribution is 6.34. The molecule has 2 nitrogen and oxygen atoms in total. The standard InChI is InChI=1S/C16H22ClNO/c1-3-4-5-6-10-14(18-2)15-11-12-8-7-9-13(17)16(12)19-15/h7-9,11,14,18H,3-6,10H2,1-2H3. The second-order valence-electron chi connectivity index (χ2n) is 5.00. The van der Waals surface area contributed by atoms with E-state index in [0.29, 0.717) is 5.02 Å². The number of fused-ring (bicyclic) bond motifs is 1. The third-order valence-electron chi connectivity index (χ3n) is 3.55. The van der Waals surface area contributed by atoms with Gasteiger partial charge in [0.1, 0.15) is 5.76 Å². The van der Waals surface area contributed by atoms with E-state index in [9.17, 15) is 0 Å². The highest BCUT2D eigenvalue weighted by Gasteiger charge is 2.15. The maximum absolute atomic E-state index is 6.15. The molecule has 0 aliphatic heterocycles. The molecule has 3 heteroatoms. The molecule has 0 amide bonds. The van der Waals surface area contributed by atoms with Crippen LogP contribution in [-0.4, -0.2) is 7.05 Å². The Balaban J connectivity index is 2.10. The molecule has 1 N–H and O–H groups in total. The molecule has 0 spiro atoms. The second-order valence-corrected chi connectivity index (χ2v) is 5.40. The summed E-state index contributed by atoms with van der Waals surface area (Å²) in [5.74, 6) is 0.988. The van der Waals surface area contributed by atoms with Crippen molar-refractivity contribution in [2.75, 3.05) is 7.05 Å². The lowest BCUT2D eigenvalue weighted by molar-refractivity contribution is 0.418. The number of rotatable bonds is 7. The molecule has 0 radical (unpaired) electrons. The molecule has 0 aliphatic carbocycles. The van der Waals surface area contributed by atoms with Crippen LogP contribution in [0.15, 0.2) is 28.7 Å². The van der Waals surface area contributed by atoms with Crippen molar-refractivity contribution in [2.24, 2.45) is 0 Å².